The van der Waals surface area contributed by atoms with E-state index >= 15 is 0 Å². The highest BCUT2D eigenvalue weighted by Crippen LogP contribution is 2.18. The molecule has 0 aromatic heterocycles. The van der Waals surface area contributed by atoms with Crippen LogP contribution in [0.3, 0.4) is 0 Å². The molecule has 0 spiro atoms. The Labute approximate surface area is 137 Å². The molecular formula is C17H16BrNO3. The number of nitrogens with one attached hydrogen (secondary N) is 1. The maximum atomic E-state index is 12.4. The molecule has 4 nitrogen and oxygen atoms in total. The number of hydrogen-bond donors (Lipinski definition) is 1. The molecule has 5 heteroatoms. The maximum Gasteiger partial charge on any atom is 0.337 e. The van der Waals surface area contributed by atoms with Crippen molar-refractivity contribution in [3.8, 4) is 0 Å². The molecule has 1 unspecified atom stereocenters. The Hall–Kier alpha value is -2.14. The van der Waals surface area contributed by atoms with E-state index < -0.39 is 5.97 Å². The van der Waals surface area contributed by atoms with Gasteiger partial charge in [0.05, 0.1) is 18.7 Å². The van der Waals surface area contributed by atoms with Crippen LogP contribution in [0.25, 0.3) is 0 Å². The fourth-order valence-corrected chi connectivity index (χ4v) is 2.55. The van der Waals surface area contributed by atoms with Gasteiger partial charge < -0.3 is 10.1 Å². The summed E-state index contributed by atoms with van der Waals surface area (Å²) in [4.78, 5) is 24.0. The first-order valence-electron chi connectivity index (χ1n) is 6.76. The molecule has 0 saturated carbocycles. The molecular weight excluding hydrogens is 346 g/mol. The number of esters is 1. The second kappa shape index (κ2) is 7.22. The number of benzene rings is 2. The van der Waals surface area contributed by atoms with Crippen LogP contribution in [-0.2, 0) is 4.74 Å². The summed E-state index contributed by atoms with van der Waals surface area (Å²) >= 11 is 3.30. The lowest BCUT2D eigenvalue weighted by Gasteiger charge is -2.15. The summed E-state index contributed by atoms with van der Waals surface area (Å²) in [6.45, 7) is 1.91. The maximum absolute atomic E-state index is 12.4. The van der Waals surface area contributed by atoms with Crippen molar-refractivity contribution < 1.29 is 14.3 Å². The average Bonchev–Trinajstić information content (AvgIpc) is 2.54. The SMILES string of the molecule is COC(=O)c1cc(Br)cc(C(=O)NC(C)c2ccccc2)c1. The Kier molecular flexibility index (Phi) is 5.33. The van der Waals surface area contributed by atoms with Crippen molar-refractivity contribution in [3.05, 3.63) is 69.7 Å². The molecule has 0 radical (unpaired) electrons. The monoisotopic (exact) mass is 361 g/mol. The zero-order valence-electron chi connectivity index (χ0n) is 12.3. The lowest BCUT2D eigenvalue weighted by molar-refractivity contribution is 0.0600. The van der Waals surface area contributed by atoms with Crippen LogP contribution in [0.5, 0.6) is 0 Å². The van der Waals surface area contributed by atoms with Gasteiger partial charge >= 0.3 is 5.97 Å². The molecule has 2 aromatic rings. The lowest BCUT2D eigenvalue weighted by atomic mass is 10.1. The van der Waals surface area contributed by atoms with E-state index in [1.54, 1.807) is 12.1 Å². The summed E-state index contributed by atoms with van der Waals surface area (Å²) in [5.74, 6) is -0.728. The Balaban J connectivity index is 2.19. The molecule has 0 fully saturated rings. The van der Waals surface area contributed by atoms with Crippen LogP contribution in [0.1, 0.15) is 39.2 Å². The second-order valence-electron chi connectivity index (χ2n) is 4.83. The second-order valence-corrected chi connectivity index (χ2v) is 5.74. The first-order valence-corrected chi connectivity index (χ1v) is 7.55. The fraction of sp³-hybridized carbons (Fsp3) is 0.176. The van der Waals surface area contributed by atoms with Crippen molar-refractivity contribution >= 4 is 27.8 Å². The number of carbonyl (C=O) groups is 2. The van der Waals surface area contributed by atoms with E-state index in [1.807, 2.05) is 37.3 Å². The standard InChI is InChI=1S/C17H16BrNO3/c1-11(12-6-4-3-5-7-12)19-16(20)13-8-14(17(21)22-2)10-15(18)9-13/h3-11H,1-2H3,(H,19,20). The molecule has 2 rings (SSSR count). The summed E-state index contributed by atoms with van der Waals surface area (Å²) in [6.07, 6.45) is 0. The van der Waals surface area contributed by atoms with Gasteiger partial charge in [-0.2, -0.15) is 0 Å². The quantitative estimate of drug-likeness (QED) is 0.844. The highest BCUT2D eigenvalue weighted by atomic mass is 79.9. The molecule has 0 heterocycles. The number of amides is 1. The van der Waals surface area contributed by atoms with Crippen LogP contribution < -0.4 is 5.32 Å². The average molecular weight is 362 g/mol. The predicted octanol–water partition coefficient (Wildman–Crippen LogP) is 3.73. The molecule has 1 N–H and O–H groups in total. The van der Waals surface area contributed by atoms with Gasteiger partial charge in [0.25, 0.3) is 5.91 Å². The Morgan fingerprint density at radius 1 is 1.09 bits per heavy atom. The zero-order valence-corrected chi connectivity index (χ0v) is 13.9. The summed E-state index contributed by atoms with van der Waals surface area (Å²) in [5, 5.41) is 2.91. The van der Waals surface area contributed by atoms with Gasteiger partial charge in [-0.05, 0) is 30.7 Å². The molecule has 1 atom stereocenters. The summed E-state index contributed by atoms with van der Waals surface area (Å²) in [5.41, 5.74) is 1.74. The number of carbonyl (C=O) groups excluding carboxylic acids is 2. The van der Waals surface area contributed by atoms with Crippen molar-refractivity contribution in [2.45, 2.75) is 13.0 Å². The van der Waals surface area contributed by atoms with Gasteiger partial charge in [-0.15, -0.1) is 0 Å². The van der Waals surface area contributed by atoms with E-state index in [4.69, 9.17) is 0 Å². The van der Waals surface area contributed by atoms with E-state index in [0.717, 1.165) is 5.56 Å². The zero-order chi connectivity index (χ0) is 16.1. The van der Waals surface area contributed by atoms with E-state index in [9.17, 15) is 9.59 Å². The molecule has 0 aliphatic rings. The number of halogens is 1. The Morgan fingerprint density at radius 2 is 1.73 bits per heavy atom. The van der Waals surface area contributed by atoms with Crippen LogP contribution in [-0.4, -0.2) is 19.0 Å². The van der Waals surface area contributed by atoms with Crippen LogP contribution in [0.4, 0.5) is 0 Å². The third-order valence-electron chi connectivity index (χ3n) is 3.23. The number of hydrogen-bond acceptors (Lipinski definition) is 3. The van der Waals surface area contributed by atoms with E-state index in [2.05, 4.69) is 26.0 Å². The van der Waals surface area contributed by atoms with E-state index in [1.165, 1.54) is 13.2 Å². The molecule has 2 aromatic carbocycles. The number of methoxy groups -OCH3 is 1. The Morgan fingerprint density at radius 3 is 2.36 bits per heavy atom. The van der Waals surface area contributed by atoms with Crippen molar-refractivity contribution in [1.82, 2.24) is 5.32 Å². The van der Waals surface area contributed by atoms with Crippen molar-refractivity contribution in [1.29, 1.82) is 0 Å². The summed E-state index contributed by atoms with van der Waals surface area (Å²) in [7, 11) is 1.31. The van der Waals surface area contributed by atoms with Gasteiger partial charge in [-0.3, -0.25) is 4.79 Å². The first kappa shape index (κ1) is 16.2. The van der Waals surface area contributed by atoms with Gasteiger partial charge in [0.2, 0.25) is 0 Å². The van der Waals surface area contributed by atoms with Crippen LogP contribution in [0.2, 0.25) is 0 Å². The van der Waals surface area contributed by atoms with Gasteiger partial charge in [-0.1, -0.05) is 46.3 Å². The highest BCUT2D eigenvalue weighted by molar-refractivity contribution is 9.10. The molecule has 0 bridgehead atoms. The molecule has 0 aliphatic carbocycles. The summed E-state index contributed by atoms with van der Waals surface area (Å²) in [6, 6.07) is 14.3. The number of rotatable bonds is 4. The molecule has 0 aliphatic heterocycles. The molecule has 114 valence electrons. The third kappa shape index (κ3) is 3.95. The van der Waals surface area contributed by atoms with Crippen molar-refractivity contribution in [2.24, 2.45) is 0 Å². The molecule has 22 heavy (non-hydrogen) atoms. The van der Waals surface area contributed by atoms with Gasteiger partial charge in [0, 0.05) is 10.0 Å². The molecule has 1 amide bonds. The van der Waals surface area contributed by atoms with Gasteiger partial charge in [-0.25, -0.2) is 4.79 Å². The highest BCUT2D eigenvalue weighted by Gasteiger charge is 2.15. The Bertz CT molecular complexity index is 686. The fourth-order valence-electron chi connectivity index (χ4n) is 2.06. The van der Waals surface area contributed by atoms with E-state index in [0.29, 0.717) is 15.6 Å². The van der Waals surface area contributed by atoms with E-state index in [-0.39, 0.29) is 11.9 Å². The first-order chi connectivity index (χ1) is 10.5. The van der Waals surface area contributed by atoms with Crippen molar-refractivity contribution in [2.75, 3.05) is 7.11 Å². The minimum Gasteiger partial charge on any atom is -0.465 e. The molecule has 0 saturated heterocycles. The van der Waals surface area contributed by atoms with Crippen LogP contribution >= 0.6 is 15.9 Å². The smallest absolute Gasteiger partial charge is 0.337 e. The lowest BCUT2D eigenvalue weighted by Crippen LogP contribution is -2.26. The van der Waals surface area contributed by atoms with Gasteiger partial charge in [0.1, 0.15) is 0 Å². The van der Waals surface area contributed by atoms with Gasteiger partial charge in [0.15, 0.2) is 0 Å². The topological polar surface area (TPSA) is 55.4 Å². The van der Waals surface area contributed by atoms with Crippen molar-refractivity contribution in [3.63, 3.8) is 0 Å². The minimum atomic E-state index is -0.480. The third-order valence-corrected chi connectivity index (χ3v) is 3.69. The largest absolute Gasteiger partial charge is 0.465 e. The summed E-state index contributed by atoms with van der Waals surface area (Å²) < 4.78 is 5.33. The number of ether oxygens (including phenoxy) is 1. The normalized spacial score (nSPS) is 11.6. The van der Waals surface area contributed by atoms with Crippen LogP contribution in [0, 0.1) is 0 Å². The minimum absolute atomic E-state index is 0.130. The predicted molar refractivity (Wildman–Crippen MR) is 87.8 cm³/mol. The van der Waals surface area contributed by atoms with Crippen LogP contribution in [0.15, 0.2) is 53.0 Å².